The molecule has 0 aliphatic heterocycles. The van der Waals surface area contributed by atoms with Crippen LogP contribution in [0.25, 0.3) is 0 Å². The van der Waals surface area contributed by atoms with Crippen LogP contribution in [0.3, 0.4) is 0 Å². The average Bonchev–Trinajstić information content (AvgIpc) is 2.26. The molecule has 0 heterocycles. The van der Waals surface area contributed by atoms with Gasteiger partial charge in [0.2, 0.25) is 0 Å². The minimum absolute atomic E-state index is 0.560. The van der Waals surface area contributed by atoms with E-state index in [1.54, 1.807) is 0 Å². The highest BCUT2D eigenvalue weighted by molar-refractivity contribution is 6.78. The maximum atomic E-state index is 6.58. The summed E-state index contributed by atoms with van der Waals surface area (Å²) in [6.07, 6.45) is 0. The lowest BCUT2D eigenvalue weighted by atomic mass is 10.2. The van der Waals surface area contributed by atoms with Gasteiger partial charge in [-0.3, -0.25) is 0 Å². The van der Waals surface area contributed by atoms with Gasteiger partial charge < -0.3 is 4.43 Å². The number of hydrogen-bond acceptors (Lipinski definition) is 1. The molecule has 1 rings (SSSR count). The van der Waals surface area contributed by atoms with Gasteiger partial charge in [-0.15, -0.1) is 0 Å². The predicted octanol–water partition coefficient (Wildman–Crippen LogP) is 6.20. The summed E-state index contributed by atoms with van der Waals surface area (Å²) in [4.78, 5) is 0. The molecule has 0 amide bonds. The molecule has 1 aromatic rings. The Morgan fingerprint density at radius 2 is 1.42 bits per heavy atom. The molecular formula is C16H27ClOSi. The summed E-state index contributed by atoms with van der Waals surface area (Å²) in [5.74, 6) is 0.857. The minimum atomic E-state index is -1.90. The molecule has 1 nitrogen and oxygen atoms in total. The smallest absolute Gasteiger partial charge is 0.258 e. The van der Waals surface area contributed by atoms with Crippen molar-refractivity contribution in [3.63, 3.8) is 0 Å². The molecule has 0 aliphatic rings. The molecule has 0 bridgehead atoms. The standard InChI is InChI=1S/C16H27ClOSi/c1-11(2)19(12(3)4,13(5)6)18-16-9-8-14(7)10-15(16)17/h8-13H,1-7H3. The van der Waals surface area contributed by atoms with Crippen LogP contribution < -0.4 is 4.43 Å². The summed E-state index contributed by atoms with van der Waals surface area (Å²) < 4.78 is 6.58. The van der Waals surface area contributed by atoms with Gasteiger partial charge in [-0.25, -0.2) is 0 Å². The summed E-state index contributed by atoms with van der Waals surface area (Å²) in [6, 6.07) is 6.07. The lowest BCUT2D eigenvalue weighted by molar-refractivity contribution is 0.480. The first-order chi connectivity index (χ1) is 8.71. The van der Waals surface area contributed by atoms with E-state index in [9.17, 15) is 0 Å². The maximum absolute atomic E-state index is 6.58. The second-order valence-electron chi connectivity index (χ2n) is 6.35. The first kappa shape index (κ1) is 16.6. The second-order valence-corrected chi connectivity index (χ2v) is 12.1. The third kappa shape index (κ3) is 3.35. The monoisotopic (exact) mass is 298 g/mol. The summed E-state index contributed by atoms with van der Waals surface area (Å²) in [5, 5.41) is 0.735. The van der Waals surface area contributed by atoms with Gasteiger partial charge in [0.25, 0.3) is 8.32 Å². The van der Waals surface area contributed by atoms with Crippen molar-refractivity contribution in [1.82, 2.24) is 0 Å². The Kier molecular flexibility index (Phi) is 5.51. The zero-order valence-electron chi connectivity index (χ0n) is 13.3. The fourth-order valence-electron chi connectivity index (χ4n) is 3.23. The van der Waals surface area contributed by atoms with E-state index in [-0.39, 0.29) is 0 Å². The highest BCUT2D eigenvalue weighted by atomic mass is 35.5. The Labute approximate surface area is 124 Å². The molecular weight excluding hydrogens is 272 g/mol. The average molecular weight is 299 g/mol. The van der Waals surface area contributed by atoms with Crippen LogP contribution in [-0.4, -0.2) is 8.32 Å². The van der Waals surface area contributed by atoms with Crippen LogP contribution in [0.1, 0.15) is 47.1 Å². The van der Waals surface area contributed by atoms with Gasteiger partial charge in [-0.2, -0.15) is 0 Å². The van der Waals surface area contributed by atoms with E-state index in [2.05, 4.69) is 47.6 Å². The van der Waals surface area contributed by atoms with Gasteiger partial charge in [-0.05, 0) is 41.2 Å². The number of rotatable bonds is 5. The SMILES string of the molecule is Cc1ccc(O[Si](C(C)C)(C(C)C)C(C)C)c(Cl)c1. The van der Waals surface area contributed by atoms with E-state index >= 15 is 0 Å². The van der Waals surface area contributed by atoms with Crippen molar-refractivity contribution in [2.24, 2.45) is 0 Å². The highest BCUT2D eigenvalue weighted by Gasteiger charge is 2.47. The largest absolute Gasteiger partial charge is 0.542 e. The summed E-state index contributed by atoms with van der Waals surface area (Å²) in [5.41, 5.74) is 2.85. The van der Waals surface area contributed by atoms with Crippen molar-refractivity contribution < 1.29 is 4.43 Å². The van der Waals surface area contributed by atoms with Crippen molar-refractivity contribution in [2.45, 2.75) is 65.1 Å². The van der Waals surface area contributed by atoms with Crippen LogP contribution in [0, 0.1) is 6.92 Å². The molecule has 0 saturated carbocycles. The first-order valence-corrected chi connectivity index (χ1v) is 9.68. The Balaban J connectivity index is 3.21. The molecule has 0 aromatic heterocycles. The second kappa shape index (κ2) is 6.32. The molecule has 0 saturated heterocycles. The van der Waals surface area contributed by atoms with E-state index in [1.165, 1.54) is 5.56 Å². The van der Waals surface area contributed by atoms with Crippen molar-refractivity contribution in [1.29, 1.82) is 0 Å². The minimum Gasteiger partial charge on any atom is -0.542 e. The fourth-order valence-corrected chi connectivity index (χ4v) is 8.84. The van der Waals surface area contributed by atoms with E-state index in [0.717, 1.165) is 10.8 Å². The molecule has 0 fully saturated rings. The third-order valence-corrected chi connectivity index (χ3v) is 10.4. The maximum Gasteiger partial charge on any atom is 0.258 e. The van der Waals surface area contributed by atoms with E-state index < -0.39 is 8.32 Å². The highest BCUT2D eigenvalue weighted by Crippen LogP contribution is 2.44. The van der Waals surface area contributed by atoms with E-state index in [4.69, 9.17) is 16.0 Å². The van der Waals surface area contributed by atoms with Crippen LogP contribution >= 0.6 is 11.6 Å². The molecule has 0 unspecified atom stereocenters. The normalized spacial score (nSPS) is 12.6. The van der Waals surface area contributed by atoms with Crippen LogP contribution in [0.15, 0.2) is 18.2 Å². The molecule has 3 heteroatoms. The van der Waals surface area contributed by atoms with Crippen LogP contribution in [0.5, 0.6) is 5.75 Å². The molecule has 0 N–H and O–H groups in total. The molecule has 0 atom stereocenters. The number of hydrogen-bond donors (Lipinski definition) is 0. The lowest BCUT2D eigenvalue weighted by Crippen LogP contribution is -2.50. The number of benzene rings is 1. The molecule has 1 aromatic carbocycles. The van der Waals surface area contributed by atoms with Gasteiger partial charge in [0.1, 0.15) is 5.75 Å². The number of aryl methyl sites for hydroxylation is 1. The zero-order valence-corrected chi connectivity index (χ0v) is 15.0. The molecule has 0 aliphatic carbocycles. The molecule has 19 heavy (non-hydrogen) atoms. The topological polar surface area (TPSA) is 9.23 Å². The van der Waals surface area contributed by atoms with Crippen LogP contribution in [0.2, 0.25) is 21.6 Å². The van der Waals surface area contributed by atoms with Gasteiger partial charge in [-0.1, -0.05) is 59.2 Å². The predicted molar refractivity (Wildman–Crippen MR) is 87.9 cm³/mol. The lowest BCUT2D eigenvalue weighted by Gasteiger charge is -2.42. The summed E-state index contributed by atoms with van der Waals surface area (Å²) >= 11 is 6.35. The fraction of sp³-hybridized carbons (Fsp3) is 0.625. The van der Waals surface area contributed by atoms with Gasteiger partial charge in [0, 0.05) is 0 Å². The van der Waals surface area contributed by atoms with Gasteiger partial charge in [0.15, 0.2) is 0 Å². The van der Waals surface area contributed by atoms with Crippen LogP contribution in [0.4, 0.5) is 0 Å². The van der Waals surface area contributed by atoms with Crippen molar-refractivity contribution >= 4 is 19.9 Å². The Bertz CT molecular complexity index is 405. The Morgan fingerprint density at radius 1 is 0.947 bits per heavy atom. The summed E-state index contributed by atoms with van der Waals surface area (Å²) in [6.45, 7) is 15.8. The van der Waals surface area contributed by atoms with E-state index in [0.29, 0.717) is 16.6 Å². The third-order valence-electron chi connectivity index (χ3n) is 4.08. The zero-order chi connectivity index (χ0) is 14.8. The quantitative estimate of drug-likeness (QED) is 0.588. The Morgan fingerprint density at radius 3 is 1.79 bits per heavy atom. The number of halogens is 1. The Hall–Kier alpha value is -0.473. The van der Waals surface area contributed by atoms with Gasteiger partial charge >= 0.3 is 0 Å². The molecule has 108 valence electrons. The molecule has 0 spiro atoms. The van der Waals surface area contributed by atoms with Crippen molar-refractivity contribution in [2.75, 3.05) is 0 Å². The summed E-state index contributed by atoms with van der Waals surface area (Å²) in [7, 11) is -1.90. The molecule has 0 radical (unpaired) electrons. The van der Waals surface area contributed by atoms with Crippen LogP contribution in [-0.2, 0) is 0 Å². The first-order valence-electron chi connectivity index (χ1n) is 7.17. The van der Waals surface area contributed by atoms with Gasteiger partial charge in [0.05, 0.1) is 5.02 Å². The van der Waals surface area contributed by atoms with Crippen molar-refractivity contribution in [3.8, 4) is 5.75 Å². The van der Waals surface area contributed by atoms with E-state index in [1.807, 2.05) is 19.1 Å². The van der Waals surface area contributed by atoms with Crippen molar-refractivity contribution in [3.05, 3.63) is 28.8 Å².